The van der Waals surface area contributed by atoms with Crippen LogP contribution in [0.2, 0.25) is 0 Å². The maximum atomic E-state index is 12.6. The van der Waals surface area contributed by atoms with Crippen molar-refractivity contribution in [3.8, 4) is 0 Å². The number of ketones is 1. The minimum atomic E-state index is -4.87. The highest BCUT2D eigenvalue weighted by Crippen LogP contribution is 2.43. The number of hydrogen-bond acceptors (Lipinski definition) is 11. The van der Waals surface area contributed by atoms with Gasteiger partial charge in [-0.1, -0.05) is 110 Å². The molecule has 52 heavy (non-hydrogen) atoms. The van der Waals surface area contributed by atoms with Gasteiger partial charge in [-0.15, -0.1) is 0 Å². The molecule has 14 nitrogen and oxygen atoms in total. The van der Waals surface area contributed by atoms with Crippen LogP contribution in [0.4, 0.5) is 0 Å². The van der Waals surface area contributed by atoms with Gasteiger partial charge in [0.15, 0.2) is 11.9 Å². The molecule has 0 spiro atoms. The molecule has 0 bridgehead atoms. The van der Waals surface area contributed by atoms with E-state index in [0.717, 1.165) is 77.0 Å². The number of phosphoric ester groups is 2. The number of allylic oxidation sites excluding steroid dienone is 4. The second kappa shape index (κ2) is 31.6. The SMILES string of the molecule is CCCCCC(=O)/C=C/C=C\CCCCCCCC(=O)O[C@H](COC(=O)CCCCCCCCC(C)C)COP(=O)(O)OC[C@@H](O)COP(=O)(O)O. The number of ether oxygens (including phenoxy) is 2. The minimum absolute atomic E-state index is 0.0810. The Morgan fingerprint density at radius 3 is 1.85 bits per heavy atom. The Morgan fingerprint density at radius 2 is 1.21 bits per heavy atom. The van der Waals surface area contributed by atoms with E-state index >= 15 is 0 Å². The lowest BCUT2D eigenvalue weighted by Crippen LogP contribution is -2.30. The van der Waals surface area contributed by atoms with Crippen molar-refractivity contribution in [3.63, 3.8) is 0 Å². The number of esters is 2. The van der Waals surface area contributed by atoms with E-state index in [1.807, 2.05) is 12.2 Å². The molecule has 0 aliphatic heterocycles. The van der Waals surface area contributed by atoms with Gasteiger partial charge < -0.3 is 29.3 Å². The fraction of sp³-hybridized carbons (Fsp3) is 0.806. The number of unbranched alkanes of at least 4 members (excludes halogenated alkanes) is 12. The molecule has 0 fully saturated rings. The lowest BCUT2D eigenvalue weighted by molar-refractivity contribution is -0.161. The summed E-state index contributed by atoms with van der Waals surface area (Å²) in [6, 6.07) is 0. The molecule has 0 aromatic rings. The normalized spacial score (nSPS) is 14.5. The molecule has 0 aliphatic rings. The Morgan fingerprint density at radius 1 is 0.654 bits per heavy atom. The number of hydrogen-bond donors (Lipinski definition) is 4. The van der Waals surface area contributed by atoms with Crippen LogP contribution in [0.25, 0.3) is 0 Å². The Hall–Kier alpha value is -1.73. The lowest BCUT2D eigenvalue weighted by atomic mass is 10.0. The predicted octanol–water partition coefficient (Wildman–Crippen LogP) is 7.81. The van der Waals surface area contributed by atoms with Gasteiger partial charge in [0.25, 0.3) is 0 Å². The van der Waals surface area contributed by atoms with Crippen molar-refractivity contribution in [2.75, 3.05) is 26.4 Å². The molecule has 3 atom stereocenters. The molecular weight excluding hydrogens is 718 g/mol. The zero-order chi connectivity index (χ0) is 39.1. The first-order valence-corrected chi connectivity index (χ1v) is 21.9. The molecule has 16 heteroatoms. The first-order valence-electron chi connectivity index (χ1n) is 18.8. The van der Waals surface area contributed by atoms with Crippen molar-refractivity contribution >= 4 is 33.4 Å². The molecule has 4 N–H and O–H groups in total. The maximum absolute atomic E-state index is 12.6. The molecule has 0 aromatic carbocycles. The number of rotatable bonds is 35. The molecule has 0 radical (unpaired) electrons. The van der Waals surface area contributed by atoms with E-state index in [0.29, 0.717) is 25.2 Å². The van der Waals surface area contributed by atoms with Gasteiger partial charge in [-0.25, -0.2) is 9.13 Å². The van der Waals surface area contributed by atoms with Crippen LogP contribution < -0.4 is 0 Å². The fourth-order valence-electron chi connectivity index (χ4n) is 4.81. The van der Waals surface area contributed by atoms with E-state index < -0.39 is 66.2 Å². The number of carbonyl (C=O) groups excluding carboxylic acids is 3. The van der Waals surface area contributed by atoms with Crippen molar-refractivity contribution in [3.05, 3.63) is 24.3 Å². The molecule has 0 aromatic heterocycles. The van der Waals surface area contributed by atoms with E-state index in [-0.39, 0.29) is 18.6 Å². The average molecular weight is 785 g/mol. The summed E-state index contributed by atoms with van der Waals surface area (Å²) in [4.78, 5) is 64.1. The summed E-state index contributed by atoms with van der Waals surface area (Å²) in [5.74, 6) is -0.262. The van der Waals surface area contributed by atoms with Gasteiger partial charge >= 0.3 is 27.6 Å². The summed E-state index contributed by atoms with van der Waals surface area (Å²) in [6.45, 7) is 3.73. The van der Waals surface area contributed by atoms with Gasteiger partial charge in [0.1, 0.15) is 12.7 Å². The average Bonchev–Trinajstić information content (AvgIpc) is 3.07. The summed E-state index contributed by atoms with van der Waals surface area (Å²) < 4.78 is 47.4. The van der Waals surface area contributed by atoms with E-state index in [1.165, 1.54) is 12.8 Å². The van der Waals surface area contributed by atoms with Gasteiger partial charge in [-0.05, 0) is 44.1 Å². The molecule has 0 aliphatic carbocycles. The van der Waals surface area contributed by atoms with Crippen molar-refractivity contribution in [2.24, 2.45) is 5.92 Å². The van der Waals surface area contributed by atoms with E-state index in [2.05, 4.69) is 29.8 Å². The van der Waals surface area contributed by atoms with Crippen LogP contribution in [0.5, 0.6) is 0 Å². The first kappa shape index (κ1) is 50.3. The second-order valence-corrected chi connectivity index (χ2v) is 16.1. The Bertz CT molecular complexity index is 1100. The van der Waals surface area contributed by atoms with E-state index in [4.69, 9.17) is 23.8 Å². The quantitative estimate of drug-likeness (QED) is 0.0159. The standard InChI is InChI=1S/C36H66O14P2/c1-4-5-17-23-32(37)24-19-14-9-7-6-8-10-16-21-26-36(40)50-34(29-46-35(39)25-20-15-12-11-13-18-22-31(2)3)30-49-52(44,45)48-28-33(38)27-47-51(41,42)43/h9,14,19,24,31,33-34,38H,4-8,10-13,15-18,20-23,25-30H2,1-3H3,(H,44,45)(H2,41,42,43)/b14-9-,24-19+/t33-,34+/m0/s1. The third-order valence-corrected chi connectivity index (χ3v) is 9.17. The van der Waals surface area contributed by atoms with Crippen LogP contribution in [0.1, 0.15) is 143 Å². The number of carbonyl (C=O) groups is 3. The number of aliphatic hydroxyl groups is 1. The third kappa shape index (κ3) is 35.3. The summed E-state index contributed by atoms with van der Waals surface area (Å²) in [6.07, 6.45) is 20.6. The molecule has 1 unspecified atom stereocenters. The van der Waals surface area contributed by atoms with Crippen LogP contribution in [0.3, 0.4) is 0 Å². The summed E-state index contributed by atoms with van der Waals surface area (Å²) in [7, 11) is -9.68. The summed E-state index contributed by atoms with van der Waals surface area (Å²) in [5.41, 5.74) is 0. The maximum Gasteiger partial charge on any atom is 0.472 e. The van der Waals surface area contributed by atoms with Crippen LogP contribution in [0.15, 0.2) is 24.3 Å². The first-order chi connectivity index (χ1) is 24.6. The lowest BCUT2D eigenvalue weighted by Gasteiger charge is -2.20. The fourth-order valence-corrected chi connectivity index (χ4v) is 5.96. The van der Waals surface area contributed by atoms with Crippen molar-refractivity contribution in [1.29, 1.82) is 0 Å². The molecule has 0 amide bonds. The van der Waals surface area contributed by atoms with Crippen molar-refractivity contribution in [2.45, 2.75) is 155 Å². The Balaban J connectivity index is 4.65. The van der Waals surface area contributed by atoms with Crippen molar-refractivity contribution in [1.82, 2.24) is 0 Å². The highest BCUT2D eigenvalue weighted by atomic mass is 31.2. The predicted molar refractivity (Wildman–Crippen MR) is 198 cm³/mol. The number of phosphoric acid groups is 2. The van der Waals surface area contributed by atoms with Gasteiger partial charge in [0, 0.05) is 19.3 Å². The molecule has 0 rings (SSSR count). The van der Waals surface area contributed by atoms with E-state index in [9.17, 15) is 33.5 Å². The number of aliphatic hydroxyl groups excluding tert-OH is 1. The van der Waals surface area contributed by atoms with Crippen LogP contribution in [0, 0.1) is 5.92 Å². The molecule has 0 heterocycles. The van der Waals surface area contributed by atoms with Gasteiger partial charge in [0.2, 0.25) is 0 Å². The topological polar surface area (TPSA) is 212 Å². The minimum Gasteiger partial charge on any atom is -0.462 e. The monoisotopic (exact) mass is 784 g/mol. The van der Waals surface area contributed by atoms with Gasteiger partial charge in [-0.2, -0.15) is 0 Å². The smallest absolute Gasteiger partial charge is 0.462 e. The van der Waals surface area contributed by atoms with Crippen LogP contribution >= 0.6 is 15.6 Å². The molecule has 0 saturated heterocycles. The Kier molecular flexibility index (Phi) is 30.6. The van der Waals surface area contributed by atoms with Gasteiger partial charge in [0.05, 0.1) is 19.8 Å². The molecular formula is C36H66O14P2. The Labute approximate surface area is 310 Å². The van der Waals surface area contributed by atoms with E-state index in [1.54, 1.807) is 12.2 Å². The van der Waals surface area contributed by atoms with Crippen molar-refractivity contribution < 1.29 is 66.3 Å². The summed E-state index contributed by atoms with van der Waals surface area (Å²) in [5, 5.41) is 9.70. The second-order valence-electron chi connectivity index (χ2n) is 13.4. The highest BCUT2D eigenvalue weighted by molar-refractivity contribution is 7.47. The largest absolute Gasteiger partial charge is 0.472 e. The molecule has 304 valence electrons. The van der Waals surface area contributed by atoms with Crippen LogP contribution in [-0.4, -0.2) is 76.1 Å². The highest BCUT2D eigenvalue weighted by Gasteiger charge is 2.28. The zero-order valence-corrected chi connectivity index (χ0v) is 33.4. The summed E-state index contributed by atoms with van der Waals surface area (Å²) >= 11 is 0. The zero-order valence-electron chi connectivity index (χ0n) is 31.6. The van der Waals surface area contributed by atoms with Gasteiger partial charge in [-0.3, -0.25) is 28.0 Å². The third-order valence-electron chi connectivity index (χ3n) is 7.74. The van der Waals surface area contributed by atoms with Crippen LogP contribution in [-0.2, 0) is 46.6 Å². The molecule has 0 saturated carbocycles.